The maximum absolute atomic E-state index is 12.8. The number of phenolic OH excluding ortho intramolecular Hbond substituents is 1. The van der Waals surface area contributed by atoms with Gasteiger partial charge in [0.1, 0.15) is 17.6 Å². The van der Waals surface area contributed by atoms with Crippen LogP contribution in [0.5, 0.6) is 5.75 Å². The van der Waals surface area contributed by atoms with Crippen molar-refractivity contribution in [2.75, 3.05) is 0 Å². The topological polar surface area (TPSA) is 178 Å². The SMILES string of the molecule is CCCCCCCC(=O)CCCCCCCC[C@H](CC(=O)N[C@@H](Cc1ccc(O)cc1)C(=O)O)[C@@H](CC(=O)O)C(=O)O. The lowest BCUT2D eigenvalue weighted by Gasteiger charge is -2.24. The monoisotopic (exact) mass is 591 g/mol. The summed E-state index contributed by atoms with van der Waals surface area (Å²) in [6.07, 6.45) is 11.3. The molecule has 1 aromatic carbocycles. The maximum Gasteiger partial charge on any atom is 0.326 e. The molecule has 0 fully saturated rings. The summed E-state index contributed by atoms with van der Waals surface area (Å²) in [5, 5.41) is 40.4. The van der Waals surface area contributed by atoms with Gasteiger partial charge in [-0.25, -0.2) is 4.79 Å². The number of Topliss-reactive ketones (excluding diaryl/α,β-unsaturated/α-hetero) is 1. The first kappa shape index (κ1) is 36.6. The van der Waals surface area contributed by atoms with Crippen molar-refractivity contribution in [2.45, 2.75) is 122 Å². The minimum Gasteiger partial charge on any atom is -0.508 e. The van der Waals surface area contributed by atoms with Gasteiger partial charge in [-0.2, -0.15) is 0 Å². The number of aliphatic carboxylic acids is 3. The number of aromatic hydroxyl groups is 1. The molecule has 0 aliphatic heterocycles. The number of carbonyl (C=O) groups is 5. The Morgan fingerprint density at radius 3 is 1.79 bits per heavy atom. The molecule has 10 nitrogen and oxygen atoms in total. The number of hydrogen-bond donors (Lipinski definition) is 5. The number of carboxylic acid groups (broad SMARTS) is 3. The highest BCUT2D eigenvalue weighted by Gasteiger charge is 2.32. The third kappa shape index (κ3) is 16.7. The van der Waals surface area contributed by atoms with Gasteiger partial charge < -0.3 is 25.7 Å². The van der Waals surface area contributed by atoms with Gasteiger partial charge >= 0.3 is 17.9 Å². The Morgan fingerprint density at radius 2 is 1.26 bits per heavy atom. The zero-order valence-corrected chi connectivity index (χ0v) is 24.9. The molecule has 1 aromatic rings. The first-order valence-corrected chi connectivity index (χ1v) is 15.3. The molecule has 0 unspecified atom stereocenters. The molecule has 0 heterocycles. The average Bonchev–Trinajstić information content (AvgIpc) is 2.93. The molecule has 0 bridgehead atoms. The van der Waals surface area contributed by atoms with Crippen molar-refractivity contribution in [1.82, 2.24) is 5.32 Å². The fraction of sp³-hybridized carbons (Fsp3) is 0.656. The van der Waals surface area contributed by atoms with Crippen molar-refractivity contribution in [3.8, 4) is 5.75 Å². The summed E-state index contributed by atoms with van der Waals surface area (Å²) in [6, 6.07) is 4.64. The smallest absolute Gasteiger partial charge is 0.326 e. The normalized spacial score (nSPS) is 13.2. The van der Waals surface area contributed by atoms with Gasteiger partial charge in [-0.05, 0) is 42.9 Å². The molecule has 0 saturated heterocycles. The van der Waals surface area contributed by atoms with E-state index in [1.165, 1.54) is 31.4 Å². The quantitative estimate of drug-likeness (QED) is 0.0887. The summed E-state index contributed by atoms with van der Waals surface area (Å²) in [6.45, 7) is 2.16. The molecular weight excluding hydrogens is 542 g/mol. The van der Waals surface area contributed by atoms with E-state index in [4.69, 9.17) is 0 Å². The predicted molar refractivity (Wildman–Crippen MR) is 158 cm³/mol. The first-order valence-electron chi connectivity index (χ1n) is 15.3. The minimum atomic E-state index is -1.30. The second-order valence-corrected chi connectivity index (χ2v) is 11.2. The van der Waals surface area contributed by atoms with Gasteiger partial charge in [0, 0.05) is 25.7 Å². The highest BCUT2D eigenvalue weighted by molar-refractivity contribution is 5.85. The van der Waals surface area contributed by atoms with Crippen LogP contribution in [0.3, 0.4) is 0 Å². The van der Waals surface area contributed by atoms with Gasteiger partial charge in [-0.3, -0.25) is 19.2 Å². The van der Waals surface area contributed by atoms with Crippen LogP contribution >= 0.6 is 0 Å². The molecule has 0 aromatic heterocycles. The molecule has 3 atom stereocenters. The molecule has 0 spiro atoms. The molecule has 1 amide bonds. The Hall–Kier alpha value is -3.43. The maximum atomic E-state index is 12.8. The number of rotatable bonds is 25. The molecule has 5 N–H and O–H groups in total. The third-order valence-electron chi connectivity index (χ3n) is 7.58. The molecule has 236 valence electrons. The zero-order valence-electron chi connectivity index (χ0n) is 24.9. The van der Waals surface area contributed by atoms with Crippen molar-refractivity contribution in [2.24, 2.45) is 11.8 Å². The van der Waals surface area contributed by atoms with Crippen molar-refractivity contribution < 1.29 is 44.4 Å². The van der Waals surface area contributed by atoms with Crippen LogP contribution in [0.1, 0.15) is 115 Å². The largest absolute Gasteiger partial charge is 0.508 e. The summed E-state index contributed by atoms with van der Waals surface area (Å²) in [4.78, 5) is 59.8. The average molecular weight is 592 g/mol. The van der Waals surface area contributed by atoms with E-state index < -0.39 is 48.1 Å². The molecule has 0 aliphatic rings. The van der Waals surface area contributed by atoms with Crippen LogP contribution in [-0.2, 0) is 30.4 Å². The summed E-state index contributed by atoms with van der Waals surface area (Å²) in [7, 11) is 0. The van der Waals surface area contributed by atoms with Crippen molar-refractivity contribution in [1.29, 1.82) is 0 Å². The second-order valence-electron chi connectivity index (χ2n) is 11.2. The number of ketones is 1. The lowest BCUT2D eigenvalue weighted by Crippen LogP contribution is -2.43. The Bertz CT molecular complexity index is 977. The van der Waals surface area contributed by atoms with Crippen LogP contribution in [-0.4, -0.2) is 56.1 Å². The van der Waals surface area contributed by atoms with E-state index >= 15 is 0 Å². The Kier molecular flexibility index (Phi) is 18.6. The van der Waals surface area contributed by atoms with Gasteiger partial charge in [0.2, 0.25) is 5.91 Å². The number of carbonyl (C=O) groups excluding carboxylic acids is 2. The van der Waals surface area contributed by atoms with Crippen molar-refractivity contribution in [3.63, 3.8) is 0 Å². The van der Waals surface area contributed by atoms with Crippen molar-refractivity contribution in [3.05, 3.63) is 29.8 Å². The third-order valence-corrected chi connectivity index (χ3v) is 7.58. The van der Waals surface area contributed by atoms with Crippen LogP contribution < -0.4 is 5.32 Å². The second kappa shape index (κ2) is 21.3. The van der Waals surface area contributed by atoms with Crippen LogP contribution in [0, 0.1) is 11.8 Å². The number of amides is 1. The summed E-state index contributed by atoms with van der Waals surface area (Å²) in [5.41, 5.74) is 0.582. The number of carboxylic acids is 3. The van der Waals surface area contributed by atoms with Crippen LogP contribution in [0.4, 0.5) is 0 Å². The number of benzene rings is 1. The van der Waals surface area contributed by atoms with E-state index in [2.05, 4.69) is 12.2 Å². The molecule has 0 radical (unpaired) electrons. The Morgan fingerprint density at radius 1 is 0.714 bits per heavy atom. The first-order chi connectivity index (χ1) is 20.0. The van der Waals surface area contributed by atoms with E-state index in [0.717, 1.165) is 44.9 Å². The van der Waals surface area contributed by atoms with E-state index in [-0.39, 0.29) is 18.6 Å². The van der Waals surface area contributed by atoms with E-state index in [0.29, 0.717) is 37.0 Å². The zero-order chi connectivity index (χ0) is 31.3. The van der Waals surface area contributed by atoms with Gasteiger partial charge in [0.15, 0.2) is 0 Å². The Balaban J connectivity index is 2.55. The number of nitrogens with one attached hydrogen (secondary N) is 1. The van der Waals surface area contributed by atoms with Crippen molar-refractivity contribution >= 4 is 29.6 Å². The van der Waals surface area contributed by atoms with E-state index in [1.807, 2.05) is 0 Å². The van der Waals surface area contributed by atoms with Crippen LogP contribution in [0.2, 0.25) is 0 Å². The fourth-order valence-corrected chi connectivity index (χ4v) is 5.13. The van der Waals surface area contributed by atoms with Gasteiger partial charge in [0.05, 0.1) is 12.3 Å². The van der Waals surface area contributed by atoms with Gasteiger partial charge in [0.25, 0.3) is 0 Å². The molecule has 0 saturated carbocycles. The van der Waals surface area contributed by atoms with Gasteiger partial charge in [-0.15, -0.1) is 0 Å². The lowest BCUT2D eigenvalue weighted by molar-refractivity contribution is -0.151. The molecule has 1 rings (SSSR count). The van der Waals surface area contributed by atoms with Gasteiger partial charge in [-0.1, -0.05) is 76.8 Å². The summed E-state index contributed by atoms with van der Waals surface area (Å²) in [5.74, 6) is -6.20. The van der Waals surface area contributed by atoms with E-state index in [9.17, 15) is 44.4 Å². The highest BCUT2D eigenvalue weighted by atomic mass is 16.4. The Labute approximate surface area is 248 Å². The standard InChI is InChI=1S/C32H49NO9/c1-2-3-4-7-11-14-25(34)15-12-9-6-5-8-10-13-24(27(31(39)40)22-30(37)38)21-29(36)33-28(32(41)42)20-23-16-18-26(35)19-17-23/h16-19,24,27-28,35H,2-15,20-22H2,1H3,(H,33,36)(H,37,38)(H,39,40)(H,41,42)/t24-,27-,28+/m1/s1. The minimum absolute atomic E-state index is 0.0224. The van der Waals surface area contributed by atoms with E-state index in [1.54, 1.807) is 12.1 Å². The lowest BCUT2D eigenvalue weighted by atomic mass is 9.82. The molecule has 42 heavy (non-hydrogen) atoms. The number of hydrogen-bond acceptors (Lipinski definition) is 6. The number of unbranched alkanes of at least 4 members (excludes halogenated alkanes) is 9. The summed E-state index contributed by atoms with van der Waals surface area (Å²) >= 11 is 0. The molecule has 10 heteroatoms. The number of phenols is 1. The van der Waals surface area contributed by atoms with Crippen LogP contribution in [0.25, 0.3) is 0 Å². The predicted octanol–water partition coefficient (Wildman–Crippen LogP) is 5.74. The molecular formula is C32H49NO9. The summed E-state index contributed by atoms with van der Waals surface area (Å²) < 4.78 is 0. The fourth-order valence-electron chi connectivity index (χ4n) is 5.13. The van der Waals surface area contributed by atoms with Crippen LogP contribution in [0.15, 0.2) is 24.3 Å². The molecule has 0 aliphatic carbocycles. The highest BCUT2D eigenvalue weighted by Crippen LogP contribution is 2.27.